The number of nitrogens with zero attached hydrogens (tertiary/aromatic N) is 4. The highest BCUT2D eigenvalue weighted by Crippen LogP contribution is 2.32. The quantitative estimate of drug-likeness (QED) is 0.471. The van der Waals surface area contributed by atoms with Gasteiger partial charge >= 0.3 is 0 Å². The number of imidazole rings is 1. The number of piperazine rings is 1. The van der Waals surface area contributed by atoms with Crippen LogP contribution >= 0.6 is 12.4 Å². The zero-order valence-corrected chi connectivity index (χ0v) is 20.4. The van der Waals surface area contributed by atoms with Gasteiger partial charge in [0.2, 0.25) is 0 Å². The Kier molecular flexibility index (Phi) is 6.86. The van der Waals surface area contributed by atoms with E-state index in [1.165, 1.54) is 0 Å². The zero-order chi connectivity index (χ0) is 22.9. The van der Waals surface area contributed by atoms with Crippen LogP contribution in [-0.2, 0) is 0 Å². The molecule has 1 amide bonds. The third kappa shape index (κ3) is 4.49. The molecule has 3 heterocycles. The minimum absolute atomic E-state index is 0. The van der Waals surface area contributed by atoms with Crippen molar-refractivity contribution in [2.24, 2.45) is 0 Å². The highest BCUT2D eigenvalue weighted by atomic mass is 35.5. The van der Waals surface area contributed by atoms with Crippen molar-refractivity contribution in [3.63, 3.8) is 0 Å². The lowest BCUT2D eigenvalue weighted by molar-refractivity contribution is 0.0664. The van der Waals surface area contributed by atoms with Crippen LogP contribution in [0.4, 0.5) is 0 Å². The Morgan fingerprint density at radius 3 is 2.41 bits per heavy atom. The summed E-state index contributed by atoms with van der Waals surface area (Å²) < 4.78 is 5.34. The van der Waals surface area contributed by atoms with Crippen molar-refractivity contribution in [1.29, 1.82) is 0 Å². The molecule has 2 aromatic heterocycles. The summed E-state index contributed by atoms with van der Waals surface area (Å²) in [4.78, 5) is 29.6. The first-order valence-corrected chi connectivity index (χ1v) is 11.1. The number of aromatic nitrogens is 3. The molecule has 0 radical (unpaired) electrons. The number of hydrogen-bond acceptors (Lipinski definition) is 5. The number of fused-ring (bicyclic) bond motifs is 1. The summed E-state index contributed by atoms with van der Waals surface area (Å²) >= 11 is 0. The summed E-state index contributed by atoms with van der Waals surface area (Å²) in [6.07, 6.45) is 1.78. The van der Waals surface area contributed by atoms with Gasteiger partial charge in [-0.05, 0) is 55.4 Å². The predicted molar refractivity (Wildman–Crippen MR) is 137 cm³/mol. The molecule has 1 aliphatic rings. The first-order chi connectivity index (χ1) is 16.0. The van der Waals surface area contributed by atoms with Crippen molar-refractivity contribution in [2.45, 2.75) is 6.92 Å². The minimum Gasteiger partial charge on any atom is -0.497 e. The topological polar surface area (TPSA) is 74.4 Å². The van der Waals surface area contributed by atoms with E-state index >= 15 is 0 Å². The van der Waals surface area contributed by atoms with Gasteiger partial charge in [-0.15, -0.1) is 12.4 Å². The van der Waals surface area contributed by atoms with E-state index < -0.39 is 0 Å². The Balaban J connectivity index is 0.00000274. The molecule has 34 heavy (non-hydrogen) atoms. The van der Waals surface area contributed by atoms with E-state index in [2.05, 4.69) is 34.9 Å². The molecule has 176 valence electrons. The summed E-state index contributed by atoms with van der Waals surface area (Å²) in [5.41, 5.74) is 6.43. The number of methoxy groups -OCH3 is 1. The van der Waals surface area contributed by atoms with Crippen molar-refractivity contribution in [1.82, 2.24) is 24.8 Å². The van der Waals surface area contributed by atoms with Gasteiger partial charge in [0, 0.05) is 49.1 Å². The molecule has 0 aliphatic carbocycles. The number of benzene rings is 2. The average Bonchev–Trinajstić information content (AvgIpc) is 3.29. The number of hydrogen-bond donors (Lipinski definition) is 1. The molecular formula is C26H28ClN5O2. The Hall–Kier alpha value is -3.42. The summed E-state index contributed by atoms with van der Waals surface area (Å²) in [6.45, 7) is 5.41. The van der Waals surface area contributed by atoms with Gasteiger partial charge < -0.3 is 19.5 Å². The number of carbonyl (C=O) groups is 1. The summed E-state index contributed by atoms with van der Waals surface area (Å²) in [6, 6.07) is 15.7. The van der Waals surface area contributed by atoms with Crippen LogP contribution in [0.2, 0.25) is 0 Å². The Morgan fingerprint density at radius 1 is 1.00 bits per heavy atom. The van der Waals surface area contributed by atoms with Crippen molar-refractivity contribution >= 4 is 29.5 Å². The van der Waals surface area contributed by atoms with E-state index in [1.54, 1.807) is 13.3 Å². The average molecular weight is 478 g/mol. The fourth-order valence-corrected chi connectivity index (χ4v) is 4.30. The molecule has 1 N–H and O–H groups in total. The van der Waals surface area contributed by atoms with E-state index in [-0.39, 0.29) is 18.3 Å². The number of halogens is 1. The fourth-order valence-electron chi connectivity index (χ4n) is 4.30. The molecular weight excluding hydrogens is 450 g/mol. The van der Waals surface area contributed by atoms with Crippen molar-refractivity contribution < 1.29 is 9.53 Å². The van der Waals surface area contributed by atoms with E-state index in [0.29, 0.717) is 11.2 Å². The van der Waals surface area contributed by atoms with Crippen LogP contribution in [-0.4, -0.2) is 71.0 Å². The molecule has 1 aliphatic heterocycles. The van der Waals surface area contributed by atoms with Crippen LogP contribution in [0.1, 0.15) is 15.9 Å². The second-order valence-electron chi connectivity index (χ2n) is 8.50. The van der Waals surface area contributed by atoms with E-state index in [4.69, 9.17) is 9.72 Å². The molecule has 1 saturated heterocycles. The molecule has 0 unspecified atom stereocenters. The first-order valence-electron chi connectivity index (χ1n) is 11.1. The van der Waals surface area contributed by atoms with Crippen LogP contribution in [0.5, 0.6) is 5.75 Å². The number of amides is 1. The lowest BCUT2D eigenvalue weighted by Crippen LogP contribution is -2.47. The number of pyridine rings is 1. The van der Waals surface area contributed by atoms with Gasteiger partial charge in [0.1, 0.15) is 11.6 Å². The maximum Gasteiger partial charge on any atom is 0.253 e. The molecule has 5 rings (SSSR count). The van der Waals surface area contributed by atoms with Crippen LogP contribution in [0.15, 0.2) is 54.7 Å². The van der Waals surface area contributed by atoms with Crippen LogP contribution in [0.3, 0.4) is 0 Å². The summed E-state index contributed by atoms with van der Waals surface area (Å²) in [7, 11) is 3.75. The Labute approximate surface area is 205 Å². The van der Waals surface area contributed by atoms with E-state index in [1.807, 2.05) is 47.4 Å². The van der Waals surface area contributed by atoms with Gasteiger partial charge in [0.25, 0.3) is 5.91 Å². The number of likely N-dealkylation sites (N-methyl/N-ethyl adjacent to an activating group) is 1. The molecule has 2 aromatic carbocycles. The number of aryl methyl sites for hydroxylation is 1. The molecule has 4 aromatic rings. The number of nitrogens with one attached hydrogen (secondary N) is 1. The largest absolute Gasteiger partial charge is 0.497 e. The van der Waals surface area contributed by atoms with Gasteiger partial charge in [-0.1, -0.05) is 18.2 Å². The molecule has 0 spiro atoms. The van der Waals surface area contributed by atoms with Gasteiger partial charge in [-0.2, -0.15) is 0 Å². The summed E-state index contributed by atoms with van der Waals surface area (Å²) in [5.74, 6) is 1.64. The van der Waals surface area contributed by atoms with E-state index in [0.717, 1.165) is 65.5 Å². The van der Waals surface area contributed by atoms with Gasteiger partial charge in [0.15, 0.2) is 5.65 Å². The van der Waals surface area contributed by atoms with Crippen molar-refractivity contribution in [3.8, 4) is 28.3 Å². The number of rotatable bonds is 4. The lowest BCUT2D eigenvalue weighted by Gasteiger charge is -2.32. The van der Waals surface area contributed by atoms with Crippen LogP contribution < -0.4 is 4.74 Å². The van der Waals surface area contributed by atoms with Gasteiger partial charge in [-0.25, -0.2) is 9.97 Å². The Morgan fingerprint density at radius 2 is 1.74 bits per heavy atom. The molecule has 0 atom stereocenters. The lowest BCUT2D eigenvalue weighted by atomic mass is 10.0. The van der Waals surface area contributed by atoms with E-state index in [9.17, 15) is 4.79 Å². The minimum atomic E-state index is 0. The Bertz CT molecular complexity index is 1310. The normalized spacial score (nSPS) is 14.1. The number of aromatic amines is 1. The fraction of sp³-hybridized carbons (Fsp3) is 0.269. The maximum absolute atomic E-state index is 12.8. The maximum atomic E-state index is 12.8. The second kappa shape index (κ2) is 9.83. The monoisotopic (exact) mass is 477 g/mol. The standard InChI is InChI=1S/C26H27N5O2.ClH/c1-17-16-20(33-3)8-9-21(17)22-10-11-27-25-23(22)28-24(29-25)18-4-6-19(7-5-18)26(32)31-14-12-30(2)13-15-31;/h4-11,16H,12-15H2,1-3H3,(H,27,28,29);1H. The molecule has 7 nitrogen and oxygen atoms in total. The third-order valence-electron chi connectivity index (χ3n) is 6.31. The van der Waals surface area contributed by atoms with Crippen LogP contribution in [0, 0.1) is 6.92 Å². The summed E-state index contributed by atoms with van der Waals surface area (Å²) in [5, 5.41) is 0. The second-order valence-corrected chi connectivity index (χ2v) is 8.50. The smallest absolute Gasteiger partial charge is 0.253 e. The zero-order valence-electron chi connectivity index (χ0n) is 19.5. The molecule has 1 fully saturated rings. The predicted octanol–water partition coefficient (Wildman–Crippen LogP) is 4.42. The van der Waals surface area contributed by atoms with Crippen molar-refractivity contribution in [3.05, 3.63) is 65.9 Å². The number of ether oxygens (including phenoxy) is 1. The number of carbonyl (C=O) groups excluding carboxylic acids is 1. The van der Waals surface area contributed by atoms with Crippen LogP contribution in [0.25, 0.3) is 33.7 Å². The highest BCUT2D eigenvalue weighted by Gasteiger charge is 2.20. The number of H-pyrrole nitrogens is 1. The third-order valence-corrected chi connectivity index (χ3v) is 6.31. The van der Waals surface area contributed by atoms with Gasteiger partial charge in [0.05, 0.1) is 12.6 Å². The highest BCUT2D eigenvalue weighted by molar-refractivity contribution is 5.95. The van der Waals surface area contributed by atoms with Gasteiger partial charge in [-0.3, -0.25) is 4.79 Å². The first kappa shape index (κ1) is 23.7. The molecule has 0 saturated carbocycles. The molecule has 8 heteroatoms. The molecule has 0 bridgehead atoms. The SMILES string of the molecule is COc1ccc(-c2ccnc3nc(-c4ccc(C(=O)N5CCN(C)CC5)cc4)[nH]c23)c(C)c1.Cl. The van der Waals surface area contributed by atoms with Crippen molar-refractivity contribution in [2.75, 3.05) is 40.3 Å².